The Kier molecular flexibility index (Phi) is 5.50. The van der Waals surface area contributed by atoms with Crippen molar-refractivity contribution in [3.63, 3.8) is 0 Å². The van der Waals surface area contributed by atoms with E-state index in [2.05, 4.69) is 10.3 Å². The predicted molar refractivity (Wildman–Crippen MR) is 62.3 cm³/mol. The number of aliphatic carboxylic acids is 1. The lowest BCUT2D eigenvalue weighted by atomic mass is 10.1. The molecule has 1 atom stereocenters. The van der Waals surface area contributed by atoms with Gasteiger partial charge in [0.1, 0.15) is 0 Å². The minimum absolute atomic E-state index is 0.226. The molecule has 1 heterocycles. The molecule has 0 saturated heterocycles. The quantitative estimate of drug-likeness (QED) is 0.733. The van der Waals surface area contributed by atoms with Gasteiger partial charge in [-0.15, -0.1) is 0 Å². The number of pyridine rings is 1. The Morgan fingerprint density at radius 3 is 2.81 bits per heavy atom. The average molecular weight is 222 g/mol. The highest BCUT2D eigenvalue weighted by Crippen LogP contribution is 1.99. The monoisotopic (exact) mass is 222 g/mol. The highest BCUT2D eigenvalue weighted by atomic mass is 16.4. The Balaban J connectivity index is 2.13. The van der Waals surface area contributed by atoms with Crippen LogP contribution < -0.4 is 5.32 Å². The number of aromatic nitrogens is 1. The van der Waals surface area contributed by atoms with E-state index in [0.717, 1.165) is 13.0 Å². The second kappa shape index (κ2) is 6.95. The van der Waals surface area contributed by atoms with E-state index in [9.17, 15) is 4.79 Å². The molecule has 1 unspecified atom stereocenters. The van der Waals surface area contributed by atoms with E-state index in [1.54, 1.807) is 12.4 Å². The fourth-order valence-corrected chi connectivity index (χ4v) is 1.45. The number of nitrogens with one attached hydrogen (secondary N) is 1. The molecule has 0 aliphatic carbocycles. The third kappa shape index (κ3) is 5.46. The molecule has 4 nitrogen and oxygen atoms in total. The lowest BCUT2D eigenvalue weighted by Crippen LogP contribution is -2.28. The van der Waals surface area contributed by atoms with E-state index in [0.29, 0.717) is 6.42 Å². The molecular formula is C12H18N2O2. The van der Waals surface area contributed by atoms with E-state index < -0.39 is 5.97 Å². The summed E-state index contributed by atoms with van der Waals surface area (Å²) in [5, 5.41) is 11.8. The van der Waals surface area contributed by atoms with Crippen molar-refractivity contribution in [1.82, 2.24) is 10.3 Å². The largest absolute Gasteiger partial charge is 0.481 e. The average Bonchev–Trinajstić information content (AvgIpc) is 2.28. The number of hydrogen-bond acceptors (Lipinski definition) is 3. The predicted octanol–water partition coefficient (Wildman–Crippen LogP) is 1.47. The lowest BCUT2D eigenvalue weighted by Gasteiger charge is -2.12. The van der Waals surface area contributed by atoms with Crippen LogP contribution in [0.5, 0.6) is 0 Å². The van der Waals surface area contributed by atoms with Gasteiger partial charge in [0.15, 0.2) is 0 Å². The normalized spacial score (nSPS) is 12.3. The molecule has 1 aromatic heterocycles. The summed E-state index contributed by atoms with van der Waals surface area (Å²) < 4.78 is 0. The van der Waals surface area contributed by atoms with Crippen LogP contribution in [0, 0.1) is 0 Å². The molecular weight excluding hydrogens is 204 g/mol. The number of carboxylic acids is 1. The molecule has 0 radical (unpaired) electrons. The van der Waals surface area contributed by atoms with E-state index >= 15 is 0 Å². The van der Waals surface area contributed by atoms with E-state index in [1.807, 2.05) is 19.1 Å². The first-order valence-electron chi connectivity index (χ1n) is 5.52. The van der Waals surface area contributed by atoms with Crippen LogP contribution in [0.2, 0.25) is 0 Å². The first kappa shape index (κ1) is 12.6. The third-order valence-corrected chi connectivity index (χ3v) is 2.45. The van der Waals surface area contributed by atoms with Crippen LogP contribution in [-0.4, -0.2) is 28.6 Å². The number of hydrogen-bond donors (Lipinski definition) is 2. The highest BCUT2D eigenvalue weighted by molar-refractivity contribution is 5.66. The summed E-state index contributed by atoms with van der Waals surface area (Å²) in [6, 6.07) is 4.23. The van der Waals surface area contributed by atoms with Crippen molar-refractivity contribution in [2.75, 3.05) is 6.54 Å². The number of carbonyl (C=O) groups is 1. The Morgan fingerprint density at radius 1 is 1.50 bits per heavy atom. The summed E-state index contributed by atoms with van der Waals surface area (Å²) in [5.41, 5.74) is 1.24. The van der Waals surface area contributed by atoms with Crippen LogP contribution in [-0.2, 0) is 11.2 Å². The lowest BCUT2D eigenvalue weighted by molar-refractivity contribution is -0.137. The Bertz CT molecular complexity index is 314. The van der Waals surface area contributed by atoms with Crippen LogP contribution in [0.3, 0.4) is 0 Å². The Morgan fingerprint density at radius 2 is 2.19 bits per heavy atom. The molecule has 0 spiro atoms. The molecule has 0 amide bonds. The van der Waals surface area contributed by atoms with E-state index in [4.69, 9.17) is 5.11 Å². The van der Waals surface area contributed by atoms with Gasteiger partial charge in [0.05, 0.1) is 0 Å². The van der Waals surface area contributed by atoms with Crippen LogP contribution in [0.1, 0.15) is 25.3 Å². The molecule has 0 bridgehead atoms. The van der Waals surface area contributed by atoms with Crippen molar-refractivity contribution < 1.29 is 9.90 Å². The minimum atomic E-state index is -0.734. The summed E-state index contributed by atoms with van der Waals surface area (Å²) in [7, 11) is 0. The maximum absolute atomic E-state index is 10.4. The Labute approximate surface area is 95.7 Å². The molecule has 88 valence electrons. The molecule has 4 heteroatoms. The van der Waals surface area contributed by atoms with Gasteiger partial charge in [-0.05, 0) is 44.0 Å². The van der Waals surface area contributed by atoms with E-state index in [1.165, 1.54) is 5.56 Å². The van der Waals surface area contributed by atoms with Crippen molar-refractivity contribution >= 4 is 5.97 Å². The number of nitrogens with zero attached hydrogens (tertiary/aromatic N) is 1. The van der Waals surface area contributed by atoms with Gasteiger partial charge in [-0.1, -0.05) is 0 Å². The van der Waals surface area contributed by atoms with Crippen molar-refractivity contribution in [2.45, 2.75) is 32.2 Å². The molecule has 16 heavy (non-hydrogen) atoms. The first-order chi connectivity index (χ1) is 7.68. The maximum Gasteiger partial charge on any atom is 0.303 e. The van der Waals surface area contributed by atoms with Gasteiger partial charge >= 0.3 is 5.97 Å². The SMILES string of the molecule is CC(CCC(=O)O)NCCc1ccncc1. The first-order valence-corrected chi connectivity index (χ1v) is 5.52. The van der Waals surface area contributed by atoms with Gasteiger partial charge < -0.3 is 10.4 Å². The van der Waals surface area contributed by atoms with Crippen LogP contribution >= 0.6 is 0 Å². The zero-order chi connectivity index (χ0) is 11.8. The molecule has 0 aromatic carbocycles. The number of carboxylic acid groups (broad SMARTS) is 1. The molecule has 2 N–H and O–H groups in total. The summed E-state index contributed by atoms with van der Waals surface area (Å²) in [4.78, 5) is 14.3. The topological polar surface area (TPSA) is 62.2 Å². The maximum atomic E-state index is 10.4. The second-order valence-electron chi connectivity index (χ2n) is 3.89. The van der Waals surface area contributed by atoms with Crippen LogP contribution in [0.4, 0.5) is 0 Å². The Hall–Kier alpha value is -1.42. The zero-order valence-electron chi connectivity index (χ0n) is 9.52. The van der Waals surface area contributed by atoms with Crippen molar-refractivity contribution in [3.8, 4) is 0 Å². The molecule has 1 rings (SSSR count). The van der Waals surface area contributed by atoms with Crippen molar-refractivity contribution in [3.05, 3.63) is 30.1 Å². The van der Waals surface area contributed by atoms with E-state index in [-0.39, 0.29) is 12.5 Å². The molecule has 1 aromatic rings. The summed E-state index contributed by atoms with van der Waals surface area (Å²) in [6.07, 6.45) is 5.40. The zero-order valence-corrected chi connectivity index (χ0v) is 9.52. The van der Waals surface area contributed by atoms with Crippen LogP contribution in [0.15, 0.2) is 24.5 Å². The van der Waals surface area contributed by atoms with Gasteiger partial charge in [-0.3, -0.25) is 9.78 Å². The summed E-state index contributed by atoms with van der Waals surface area (Å²) in [6.45, 7) is 2.88. The highest BCUT2D eigenvalue weighted by Gasteiger charge is 2.04. The molecule has 0 aliphatic heterocycles. The molecule has 0 saturated carbocycles. The second-order valence-corrected chi connectivity index (χ2v) is 3.89. The summed E-state index contributed by atoms with van der Waals surface area (Å²) >= 11 is 0. The number of rotatable bonds is 7. The van der Waals surface area contributed by atoms with Gasteiger partial charge in [0.25, 0.3) is 0 Å². The van der Waals surface area contributed by atoms with Crippen molar-refractivity contribution in [1.29, 1.82) is 0 Å². The van der Waals surface area contributed by atoms with Gasteiger partial charge in [-0.25, -0.2) is 0 Å². The fraction of sp³-hybridized carbons (Fsp3) is 0.500. The van der Waals surface area contributed by atoms with Gasteiger partial charge in [-0.2, -0.15) is 0 Å². The summed E-state index contributed by atoms with van der Waals surface area (Å²) in [5.74, 6) is -0.734. The fourth-order valence-electron chi connectivity index (χ4n) is 1.45. The minimum Gasteiger partial charge on any atom is -0.481 e. The van der Waals surface area contributed by atoms with Crippen LogP contribution in [0.25, 0.3) is 0 Å². The standard InChI is InChI=1S/C12H18N2O2/c1-10(2-3-12(15)16)14-9-6-11-4-7-13-8-5-11/h4-5,7-8,10,14H,2-3,6,9H2,1H3,(H,15,16). The smallest absolute Gasteiger partial charge is 0.303 e. The van der Waals surface area contributed by atoms with Crippen molar-refractivity contribution in [2.24, 2.45) is 0 Å². The third-order valence-electron chi connectivity index (χ3n) is 2.45. The van der Waals surface area contributed by atoms with Gasteiger partial charge in [0.2, 0.25) is 0 Å². The van der Waals surface area contributed by atoms with Gasteiger partial charge in [0, 0.05) is 24.9 Å². The molecule has 0 aliphatic rings. The molecule has 0 fully saturated rings.